The third-order valence-electron chi connectivity index (χ3n) is 4.72. The van der Waals surface area contributed by atoms with E-state index in [-0.39, 0.29) is 25.3 Å². The molecule has 1 amide bonds. The van der Waals surface area contributed by atoms with E-state index in [2.05, 4.69) is 5.16 Å². The first-order valence-corrected chi connectivity index (χ1v) is 8.08. The maximum Gasteiger partial charge on any atom is 0.308 e. The van der Waals surface area contributed by atoms with Gasteiger partial charge in [-0.2, -0.15) is 0 Å². The molecule has 0 radical (unpaired) electrons. The number of carboxylic acids is 1. The number of nitrogens with zero attached hydrogens (tertiary/aromatic N) is 2. The summed E-state index contributed by atoms with van der Waals surface area (Å²) in [6, 6.07) is 5.03. The van der Waals surface area contributed by atoms with E-state index in [0.717, 1.165) is 5.56 Å². The Bertz CT molecular complexity index is 798. The summed E-state index contributed by atoms with van der Waals surface area (Å²) in [5, 5.41) is 13.5. The van der Waals surface area contributed by atoms with Crippen LogP contribution >= 0.6 is 0 Å². The molecule has 132 valence electrons. The molecule has 1 aliphatic heterocycles. The lowest BCUT2D eigenvalue weighted by Crippen LogP contribution is -2.45. The molecular formula is C18H19FN2O4. The van der Waals surface area contributed by atoms with Crippen molar-refractivity contribution >= 4 is 11.9 Å². The first-order valence-electron chi connectivity index (χ1n) is 8.08. The standard InChI is InChI=1S/C18H19FN2O4/c1-10-15(11(2)25-20-10)9-21-16(22)7-6-14(18(23)24)17(21)12-4-3-5-13(19)8-12/h3-5,8,14,17H,6-7,9H2,1-2H3,(H,23,24)/t14-,17+/m1/s1. The molecule has 6 nitrogen and oxygen atoms in total. The molecule has 2 atom stereocenters. The summed E-state index contributed by atoms with van der Waals surface area (Å²) in [5.41, 5.74) is 1.88. The van der Waals surface area contributed by atoms with Crippen molar-refractivity contribution in [2.75, 3.05) is 0 Å². The number of carbonyl (C=O) groups is 2. The highest BCUT2D eigenvalue weighted by molar-refractivity contribution is 5.81. The smallest absolute Gasteiger partial charge is 0.308 e. The molecule has 1 aromatic heterocycles. The number of piperidine rings is 1. The molecule has 0 aliphatic carbocycles. The molecule has 1 fully saturated rings. The summed E-state index contributed by atoms with van der Waals surface area (Å²) in [4.78, 5) is 25.8. The third kappa shape index (κ3) is 3.26. The fourth-order valence-corrected chi connectivity index (χ4v) is 3.40. The summed E-state index contributed by atoms with van der Waals surface area (Å²) in [6.45, 7) is 3.70. The van der Waals surface area contributed by atoms with Gasteiger partial charge in [-0.3, -0.25) is 9.59 Å². The highest BCUT2D eigenvalue weighted by Crippen LogP contribution is 2.38. The molecule has 1 saturated heterocycles. The molecule has 3 rings (SSSR count). The zero-order valence-electron chi connectivity index (χ0n) is 14.0. The number of benzene rings is 1. The fraction of sp³-hybridized carbons (Fsp3) is 0.389. The van der Waals surface area contributed by atoms with E-state index in [9.17, 15) is 19.1 Å². The first kappa shape index (κ1) is 17.1. The normalized spacial score (nSPS) is 20.8. The number of aryl methyl sites for hydroxylation is 2. The number of amides is 1. The van der Waals surface area contributed by atoms with Crippen LogP contribution in [0, 0.1) is 25.6 Å². The number of aromatic nitrogens is 1. The minimum Gasteiger partial charge on any atom is -0.481 e. The van der Waals surface area contributed by atoms with Crippen molar-refractivity contribution in [1.82, 2.24) is 10.1 Å². The van der Waals surface area contributed by atoms with Crippen LogP contribution in [0.15, 0.2) is 28.8 Å². The molecule has 0 saturated carbocycles. The fourth-order valence-electron chi connectivity index (χ4n) is 3.40. The van der Waals surface area contributed by atoms with Crippen LogP contribution in [-0.2, 0) is 16.1 Å². The number of carboxylic acid groups (broad SMARTS) is 1. The van der Waals surface area contributed by atoms with Gasteiger partial charge >= 0.3 is 5.97 Å². The van der Waals surface area contributed by atoms with Crippen molar-refractivity contribution < 1.29 is 23.6 Å². The molecule has 7 heteroatoms. The van der Waals surface area contributed by atoms with Crippen LogP contribution in [0.3, 0.4) is 0 Å². The zero-order valence-corrected chi connectivity index (χ0v) is 14.0. The minimum absolute atomic E-state index is 0.145. The molecular weight excluding hydrogens is 327 g/mol. The van der Waals surface area contributed by atoms with Gasteiger partial charge in [0.15, 0.2) is 0 Å². The second kappa shape index (κ2) is 6.66. The Morgan fingerprint density at radius 3 is 2.80 bits per heavy atom. The van der Waals surface area contributed by atoms with Gasteiger partial charge in [0, 0.05) is 12.0 Å². The Hall–Kier alpha value is -2.70. The number of likely N-dealkylation sites (tertiary alicyclic amines) is 1. The maximum atomic E-state index is 13.7. The second-order valence-electron chi connectivity index (χ2n) is 6.31. The minimum atomic E-state index is -0.995. The average Bonchev–Trinajstić information content (AvgIpc) is 2.88. The highest BCUT2D eigenvalue weighted by atomic mass is 19.1. The van der Waals surface area contributed by atoms with Crippen molar-refractivity contribution in [2.24, 2.45) is 5.92 Å². The molecule has 2 aromatic rings. The van der Waals surface area contributed by atoms with Crippen molar-refractivity contribution in [3.8, 4) is 0 Å². The number of halogens is 1. The van der Waals surface area contributed by atoms with E-state index in [1.54, 1.807) is 19.9 Å². The van der Waals surface area contributed by atoms with Crippen molar-refractivity contribution in [2.45, 2.75) is 39.3 Å². The largest absolute Gasteiger partial charge is 0.481 e. The SMILES string of the molecule is Cc1noc(C)c1CN1C(=O)CC[C@@H](C(=O)O)[C@@H]1c1cccc(F)c1. The van der Waals surface area contributed by atoms with Crippen LogP contribution in [0.5, 0.6) is 0 Å². The van der Waals surface area contributed by atoms with Crippen LogP contribution in [0.1, 0.15) is 41.5 Å². The molecule has 1 aromatic carbocycles. The van der Waals surface area contributed by atoms with E-state index < -0.39 is 23.7 Å². The molecule has 1 aliphatic rings. The van der Waals surface area contributed by atoms with Gasteiger partial charge in [-0.05, 0) is 38.0 Å². The third-order valence-corrected chi connectivity index (χ3v) is 4.72. The van der Waals surface area contributed by atoms with Crippen molar-refractivity contribution in [3.05, 3.63) is 52.7 Å². The molecule has 1 N–H and O–H groups in total. The Morgan fingerprint density at radius 2 is 2.20 bits per heavy atom. The van der Waals surface area contributed by atoms with Crippen LogP contribution in [0.4, 0.5) is 4.39 Å². The lowest BCUT2D eigenvalue weighted by molar-refractivity contribution is -0.152. The van der Waals surface area contributed by atoms with Gasteiger partial charge in [0.25, 0.3) is 0 Å². The lowest BCUT2D eigenvalue weighted by atomic mass is 9.84. The summed E-state index contributed by atoms with van der Waals surface area (Å²) >= 11 is 0. The van der Waals surface area contributed by atoms with Gasteiger partial charge in [0.2, 0.25) is 5.91 Å². The van der Waals surface area contributed by atoms with E-state index in [1.165, 1.54) is 23.1 Å². The molecule has 25 heavy (non-hydrogen) atoms. The lowest BCUT2D eigenvalue weighted by Gasteiger charge is -2.39. The number of carbonyl (C=O) groups excluding carboxylic acids is 1. The maximum absolute atomic E-state index is 13.7. The summed E-state index contributed by atoms with van der Waals surface area (Å²) in [7, 11) is 0. The molecule has 0 spiro atoms. The van der Waals surface area contributed by atoms with Crippen molar-refractivity contribution in [3.63, 3.8) is 0 Å². The number of hydrogen-bond donors (Lipinski definition) is 1. The molecule has 0 bridgehead atoms. The van der Waals surface area contributed by atoms with Gasteiger partial charge in [0.05, 0.1) is 24.2 Å². The van der Waals surface area contributed by atoms with E-state index in [1.807, 2.05) is 0 Å². The second-order valence-corrected chi connectivity index (χ2v) is 6.31. The van der Waals surface area contributed by atoms with Gasteiger partial charge in [0.1, 0.15) is 11.6 Å². The Balaban J connectivity index is 2.04. The summed E-state index contributed by atoms with van der Waals surface area (Å²) in [6.07, 6.45) is 0.375. The number of hydrogen-bond acceptors (Lipinski definition) is 4. The van der Waals surface area contributed by atoms with Gasteiger partial charge in [-0.25, -0.2) is 4.39 Å². The summed E-state index contributed by atoms with van der Waals surface area (Å²) < 4.78 is 18.8. The van der Waals surface area contributed by atoms with Crippen LogP contribution in [-0.4, -0.2) is 27.0 Å². The monoisotopic (exact) mass is 346 g/mol. The highest BCUT2D eigenvalue weighted by Gasteiger charge is 2.41. The van der Waals surface area contributed by atoms with Gasteiger partial charge in [-0.1, -0.05) is 17.3 Å². The van der Waals surface area contributed by atoms with E-state index >= 15 is 0 Å². The zero-order chi connectivity index (χ0) is 18.1. The van der Waals surface area contributed by atoms with Crippen LogP contribution in [0.25, 0.3) is 0 Å². The number of aliphatic carboxylic acids is 1. The van der Waals surface area contributed by atoms with E-state index in [4.69, 9.17) is 4.52 Å². The predicted molar refractivity (Wildman–Crippen MR) is 86.0 cm³/mol. The topological polar surface area (TPSA) is 83.6 Å². The Morgan fingerprint density at radius 1 is 1.44 bits per heavy atom. The Kier molecular flexibility index (Phi) is 4.57. The number of rotatable bonds is 4. The predicted octanol–water partition coefficient (Wildman–Crippen LogP) is 3.00. The van der Waals surface area contributed by atoms with Gasteiger partial charge < -0.3 is 14.5 Å². The Labute approximate surface area is 144 Å². The average molecular weight is 346 g/mol. The molecule has 0 unspecified atom stereocenters. The quantitative estimate of drug-likeness (QED) is 0.920. The first-order chi connectivity index (χ1) is 11.9. The van der Waals surface area contributed by atoms with Crippen molar-refractivity contribution in [1.29, 1.82) is 0 Å². The van der Waals surface area contributed by atoms with Crippen LogP contribution in [0.2, 0.25) is 0 Å². The van der Waals surface area contributed by atoms with Crippen LogP contribution < -0.4 is 0 Å². The molecule has 2 heterocycles. The van der Waals surface area contributed by atoms with Gasteiger partial charge in [-0.15, -0.1) is 0 Å². The van der Waals surface area contributed by atoms with E-state index in [0.29, 0.717) is 17.0 Å². The summed E-state index contributed by atoms with van der Waals surface area (Å²) in [5.74, 6) is -1.82.